The van der Waals surface area contributed by atoms with Crippen LogP contribution in [0.15, 0.2) is 12.4 Å². The van der Waals surface area contributed by atoms with E-state index in [1.54, 1.807) is 0 Å². The van der Waals surface area contributed by atoms with E-state index >= 15 is 0 Å². The number of nitrogens with zero attached hydrogens (tertiary/aromatic N) is 2. The summed E-state index contributed by atoms with van der Waals surface area (Å²) in [5.41, 5.74) is 6.74. The molecule has 1 aromatic heterocycles. The first-order valence-electron chi connectivity index (χ1n) is 6.68. The van der Waals surface area contributed by atoms with Gasteiger partial charge in [0.05, 0.1) is 11.9 Å². The average Bonchev–Trinajstić information content (AvgIpc) is 2.71. The second-order valence-electron chi connectivity index (χ2n) is 4.70. The number of aromatic nitrogens is 2. The van der Waals surface area contributed by atoms with E-state index in [4.69, 9.17) is 5.73 Å². The third-order valence-electron chi connectivity index (χ3n) is 3.09. The summed E-state index contributed by atoms with van der Waals surface area (Å²) in [7, 11) is 1.93. The minimum atomic E-state index is 0.806. The molecule has 4 heteroatoms. The van der Waals surface area contributed by atoms with Crippen LogP contribution in [0.2, 0.25) is 0 Å². The molecule has 1 rings (SSSR count). The number of hydrogen-bond donors (Lipinski definition) is 2. The standard InChI is InChI=1S/C13H26N4/c1-3-5-12(7-8-14)6-4-9-15-13-10-16-17(2)11-13/h10-12,15H,3-9,14H2,1-2H3. The van der Waals surface area contributed by atoms with Crippen molar-refractivity contribution in [2.45, 2.75) is 39.0 Å². The van der Waals surface area contributed by atoms with Gasteiger partial charge in [-0.1, -0.05) is 19.8 Å². The lowest BCUT2D eigenvalue weighted by molar-refractivity contribution is 0.414. The highest BCUT2D eigenvalue weighted by atomic mass is 15.3. The topological polar surface area (TPSA) is 55.9 Å². The molecule has 98 valence electrons. The van der Waals surface area contributed by atoms with E-state index in [9.17, 15) is 0 Å². The predicted octanol–water partition coefficient (Wildman–Crippen LogP) is 2.38. The van der Waals surface area contributed by atoms with Crippen molar-refractivity contribution in [1.29, 1.82) is 0 Å². The Morgan fingerprint density at radius 1 is 1.41 bits per heavy atom. The maximum absolute atomic E-state index is 5.63. The second kappa shape index (κ2) is 8.12. The van der Waals surface area contributed by atoms with E-state index < -0.39 is 0 Å². The highest BCUT2D eigenvalue weighted by molar-refractivity contribution is 5.37. The molecule has 3 N–H and O–H groups in total. The van der Waals surface area contributed by atoms with Crippen molar-refractivity contribution in [2.24, 2.45) is 18.7 Å². The monoisotopic (exact) mass is 238 g/mol. The van der Waals surface area contributed by atoms with Crippen LogP contribution in [0.3, 0.4) is 0 Å². The van der Waals surface area contributed by atoms with E-state index in [-0.39, 0.29) is 0 Å². The Morgan fingerprint density at radius 3 is 2.82 bits per heavy atom. The van der Waals surface area contributed by atoms with Crippen LogP contribution in [0.1, 0.15) is 39.0 Å². The molecule has 0 aliphatic carbocycles. The summed E-state index contributed by atoms with van der Waals surface area (Å²) >= 11 is 0. The first kappa shape index (κ1) is 14.0. The van der Waals surface area contributed by atoms with E-state index in [2.05, 4.69) is 17.3 Å². The molecule has 1 unspecified atom stereocenters. The van der Waals surface area contributed by atoms with Crippen LogP contribution < -0.4 is 11.1 Å². The number of anilines is 1. The van der Waals surface area contributed by atoms with E-state index in [0.29, 0.717) is 0 Å². The fourth-order valence-electron chi connectivity index (χ4n) is 2.21. The van der Waals surface area contributed by atoms with Crippen LogP contribution in [-0.4, -0.2) is 22.9 Å². The van der Waals surface area contributed by atoms with Gasteiger partial charge in [0.2, 0.25) is 0 Å². The maximum atomic E-state index is 5.63. The lowest BCUT2D eigenvalue weighted by Gasteiger charge is -2.14. The van der Waals surface area contributed by atoms with E-state index in [1.807, 2.05) is 24.1 Å². The first-order chi connectivity index (χ1) is 8.26. The van der Waals surface area contributed by atoms with Gasteiger partial charge >= 0.3 is 0 Å². The summed E-state index contributed by atoms with van der Waals surface area (Å²) in [4.78, 5) is 0. The molecule has 0 spiro atoms. The molecule has 0 saturated heterocycles. The molecule has 1 atom stereocenters. The SMILES string of the molecule is CCCC(CCN)CCCNc1cnn(C)c1. The minimum absolute atomic E-state index is 0.806. The van der Waals surface area contributed by atoms with Gasteiger partial charge in [-0.25, -0.2) is 0 Å². The fourth-order valence-corrected chi connectivity index (χ4v) is 2.21. The Kier molecular flexibility index (Phi) is 6.70. The first-order valence-corrected chi connectivity index (χ1v) is 6.68. The van der Waals surface area contributed by atoms with Crippen LogP contribution in [0, 0.1) is 5.92 Å². The highest BCUT2D eigenvalue weighted by Gasteiger charge is 2.06. The zero-order valence-electron chi connectivity index (χ0n) is 11.2. The number of aryl methyl sites for hydroxylation is 1. The summed E-state index contributed by atoms with van der Waals surface area (Å²) in [6, 6.07) is 0. The molecular weight excluding hydrogens is 212 g/mol. The van der Waals surface area contributed by atoms with Crippen LogP contribution in [-0.2, 0) is 7.05 Å². The molecule has 0 amide bonds. The average molecular weight is 238 g/mol. The van der Waals surface area contributed by atoms with Crippen molar-refractivity contribution in [3.8, 4) is 0 Å². The maximum Gasteiger partial charge on any atom is 0.0726 e. The summed E-state index contributed by atoms with van der Waals surface area (Å²) in [5, 5.41) is 7.52. The molecule has 0 radical (unpaired) electrons. The largest absolute Gasteiger partial charge is 0.383 e. The molecular formula is C13H26N4. The van der Waals surface area contributed by atoms with Gasteiger partial charge in [-0.05, 0) is 31.7 Å². The number of hydrogen-bond acceptors (Lipinski definition) is 3. The van der Waals surface area contributed by atoms with Crippen molar-refractivity contribution in [2.75, 3.05) is 18.4 Å². The third kappa shape index (κ3) is 5.73. The Labute approximate surface area is 105 Å². The molecule has 0 aliphatic heterocycles. The van der Waals surface area contributed by atoms with Gasteiger partial charge in [0.25, 0.3) is 0 Å². The lowest BCUT2D eigenvalue weighted by atomic mass is 9.94. The van der Waals surface area contributed by atoms with Gasteiger partial charge in [-0.3, -0.25) is 4.68 Å². The molecule has 0 aromatic carbocycles. The highest BCUT2D eigenvalue weighted by Crippen LogP contribution is 2.17. The molecule has 1 heterocycles. The normalized spacial score (nSPS) is 12.6. The van der Waals surface area contributed by atoms with Gasteiger partial charge in [0.1, 0.15) is 0 Å². The van der Waals surface area contributed by atoms with Crippen LogP contribution in [0.4, 0.5) is 5.69 Å². The smallest absolute Gasteiger partial charge is 0.0726 e. The van der Waals surface area contributed by atoms with Gasteiger partial charge in [0.15, 0.2) is 0 Å². The summed E-state index contributed by atoms with van der Waals surface area (Å²) < 4.78 is 1.82. The second-order valence-corrected chi connectivity index (χ2v) is 4.70. The molecule has 4 nitrogen and oxygen atoms in total. The van der Waals surface area contributed by atoms with E-state index in [0.717, 1.165) is 24.7 Å². The van der Waals surface area contributed by atoms with Crippen molar-refractivity contribution in [1.82, 2.24) is 9.78 Å². The molecule has 17 heavy (non-hydrogen) atoms. The zero-order chi connectivity index (χ0) is 12.5. The van der Waals surface area contributed by atoms with Gasteiger partial charge in [0, 0.05) is 19.8 Å². The number of rotatable bonds is 9. The Morgan fingerprint density at radius 2 is 2.24 bits per heavy atom. The van der Waals surface area contributed by atoms with Crippen molar-refractivity contribution >= 4 is 5.69 Å². The Balaban J connectivity index is 2.13. The van der Waals surface area contributed by atoms with Crippen molar-refractivity contribution in [3.63, 3.8) is 0 Å². The van der Waals surface area contributed by atoms with Gasteiger partial charge in [-0.2, -0.15) is 5.10 Å². The molecule has 0 fully saturated rings. The minimum Gasteiger partial charge on any atom is -0.383 e. The lowest BCUT2D eigenvalue weighted by Crippen LogP contribution is -2.10. The summed E-state index contributed by atoms with van der Waals surface area (Å²) in [5.74, 6) is 0.806. The van der Waals surface area contributed by atoms with Crippen LogP contribution in [0.5, 0.6) is 0 Å². The third-order valence-corrected chi connectivity index (χ3v) is 3.09. The summed E-state index contributed by atoms with van der Waals surface area (Å²) in [6.45, 7) is 4.09. The predicted molar refractivity (Wildman–Crippen MR) is 73.0 cm³/mol. The number of nitrogens with two attached hydrogens (primary N) is 1. The van der Waals surface area contributed by atoms with Crippen LogP contribution >= 0.6 is 0 Å². The Hall–Kier alpha value is -1.03. The van der Waals surface area contributed by atoms with Crippen LogP contribution in [0.25, 0.3) is 0 Å². The van der Waals surface area contributed by atoms with Crippen molar-refractivity contribution in [3.05, 3.63) is 12.4 Å². The quantitative estimate of drug-likeness (QED) is 0.649. The summed E-state index contributed by atoms with van der Waals surface area (Å²) in [6.07, 6.45) is 10.1. The van der Waals surface area contributed by atoms with E-state index in [1.165, 1.54) is 32.1 Å². The molecule has 0 saturated carbocycles. The van der Waals surface area contributed by atoms with Gasteiger partial charge in [-0.15, -0.1) is 0 Å². The molecule has 1 aromatic rings. The zero-order valence-corrected chi connectivity index (χ0v) is 11.2. The van der Waals surface area contributed by atoms with Crippen molar-refractivity contribution < 1.29 is 0 Å². The van der Waals surface area contributed by atoms with Gasteiger partial charge < -0.3 is 11.1 Å². The fraction of sp³-hybridized carbons (Fsp3) is 0.769. The molecule has 0 aliphatic rings. The molecule has 0 bridgehead atoms. The Bertz CT molecular complexity index is 289. The number of nitrogens with one attached hydrogen (secondary N) is 1.